The van der Waals surface area contributed by atoms with Crippen molar-refractivity contribution in [3.05, 3.63) is 0 Å². The molecule has 2 atom stereocenters. The van der Waals surface area contributed by atoms with Crippen molar-refractivity contribution in [3.8, 4) is 6.07 Å². The summed E-state index contributed by atoms with van der Waals surface area (Å²) >= 11 is 0. The van der Waals surface area contributed by atoms with Gasteiger partial charge in [0.15, 0.2) is 0 Å². The van der Waals surface area contributed by atoms with E-state index in [0.29, 0.717) is 6.04 Å². The lowest BCUT2D eigenvalue weighted by Crippen LogP contribution is -2.43. The van der Waals surface area contributed by atoms with Crippen LogP contribution in [0.2, 0.25) is 0 Å². The second-order valence-electron chi connectivity index (χ2n) is 3.64. The SMILES string of the molecule is CCC(C#N)N1CCCCC1C. The molecule has 0 radical (unpaired) electrons. The summed E-state index contributed by atoms with van der Waals surface area (Å²) in [6, 6.07) is 3.15. The molecule has 0 aliphatic carbocycles. The van der Waals surface area contributed by atoms with E-state index in [4.69, 9.17) is 5.26 Å². The van der Waals surface area contributed by atoms with Gasteiger partial charge in [-0.25, -0.2) is 0 Å². The van der Waals surface area contributed by atoms with Crippen LogP contribution >= 0.6 is 0 Å². The topological polar surface area (TPSA) is 27.0 Å². The van der Waals surface area contributed by atoms with Crippen LogP contribution in [0.25, 0.3) is 0 Å². The molecule has 1 fully saturated rings. The van der Waals surface area contributed by atoms with Gasteiger partial charge in [0.05, 0.1) is 12.1 Å². The summed E-state index contributed by atoms with van der Waals surface area (Å²) in [5.41, 5.74) is 0. The van der Waals surface area contributed by atoms with Gasteiger partial charge in [0, 0.05) is 6.04 Å². The van der Waals surface area contributed by atoms with Crippen LogP contribution in [0.5, 0.6) is 0 Å². The number of hydrogen-bond acceptors (Lipinski definition) is 2. The van der Waals surface area contributed by atoms with Gasteiger partial charge in [-0.15, -0.1) is 0 Å². The van der Waals surface area contributed by atoms with Crippen LogP contribution in [0.3, 0.4) is 0 Å². The lowest BCUT2D eigenvalue weighted by Gasteiger charge is -2.36. The van der Waals surface area contributed by atoms with Crippen molar-refractivity contribution in [1.29, 1.82) is 5.26 Å². The standard InChI is InChI=1S/C10H18N2/c1-3-10(8-11)12-7-5-4-6-9(12)2/h9-10H,3-7H2,1-2H3. The van der Waals surface area contributed by atoms with Gasteiger partial charge in [0.25, 0.3) is 0 Å². The van der Waals surface area contributed by atoms with Crippen molar-refractivity contribution in [3.63, 3.8) is 0 Å². The molecule has 2 heteroatoms. The first-order chi connectivity index (χ1) is 5.79. The van der Waals surface area contributed by atoms with Crippen molar-refractivity contribution in [1.82, 2.24) is 4.90 Å². The van der Waals surface area contributed by atoms with Gasteiger partial charge in [0.2, 0.25) is 0 Å². The zero-order valence-corrected chi connectivity index (χ0v) is 8.08. The maximum Gasteiger partial charge on any atom is 0.0977 e. The molecule has 2 unspecified atom stereocenters. The molecule has 68 valence electrons. The zero-order chi connectivity index (χ0) is 8.97. The van der Waals surface area contributed by atoms with Crippen LogP contribution in [0.4, 0.5) is 0 Å². The number of likely N-dealkylation sites (tertiary alicyclic amines) is 1. The highest BCUT2D eigenvalue weighted by Crippen LogP contribution is 2.19. The maximum absolute atomic E-state index is 8.90. The van der Waals surface area contributed by atoms with Crippen molar-refractivity contribution in [2.45, 2.75) is 51.6 Å². The summed E-state index contributed by atoms with van der Waals surface area (Å²) in [6.07, 6.45) is 4.82. The van der Waals surface area contributed by atoms with E-state index in [1.165, 1.54) is 19.3 Å². The average Bonchev–Trinajstić information content (AvgIpc) is 2.10. The number of nitrogens with zero attached hydrogens (tertiary/aromatic N) is 2. The summed E-state index contributed by atoms with van der Waals surface area (Å²) in [5, 5.41) is 8.90. The Kier molecular flexibility index (Phi) is 3.55. The fraction of sp³-hybridized carbons (Fsp3) is 0.900. The Morgan fingerprint density at radius 2 is 2.33 bits per heavy atom. The lowest BCUT2D eigenvalue weighted by atomic mass is 10.0. The molecule has 12 heavy (non-hydrogen) atoms. The van der Waals surface area contributed by atoms with Crippen LogP contribution in [0, 0.1) is 11.3 Å². The molecule has 0 aromatic carbocycles. The van der Waals surface area contributed by atoms with Crippen LogP contribution < -0.4 is 0 Å². The molecule has 1 rings (SSSR count). The minimum Gasteiger partial charge on any atom is -0.285 e. The Hall–Kier alpha value is -0.550. The Bertz CT molecular complexity index is 171. The molecule has 0 spiro atoms. The van der Waals surface area contributed by atoms with Crippen LogP contribution in [-0.2, 0) is 0 Å². The predicted octanol–water partition coefficient (Wildman–Crippen LogP) is 2.16. The molecule has 0 aromatic heterocycles. The molecular formula is C10H18N2. The third-order valence-corrected chi connectivity index (χ3v) is 2.79. The molecule has 1 aliphatic rings. The number of piperidine rings is 1. The predicted molar refractivity (Wildman–Crippen MR) is 49.7 cm³/mol. The minimum atomic E-state index is 0.153. The smallest absolute Gasteiger partial charge is 0.0977 e. The molecular weight excluding hydrogens is 148 g/mol. The fourth-order valence-electron chi connectivity index (χ4n) is 1.98. The molecule has 0 saturated carbocycles. The van der Waals surface area contributed by atoms with E-state index in [2.05, 4.69) is 24.8 Å². The Labute approximate surface area is 75.2 Å². The lowest BCUT2D eigenvalue weighted by molar-refractivity contribution is 0.129. The van der Waals surface area contributed by atoms with E-state index in [9.17, 15) is 0 Å². The maximum atomic E-state index is 8.90. The van der Waals surface area contributed by atoms with Crippen molar-refractivity contribution in [2.24, 2.45) is 0 Å². The van der Waals surface area contributed by atoms with Crippen LogP contribution in [0.1, 0.15) is 39.5 Å². The van der Waals surface area contributed by atoms with Crippen molar-refractivity contribution in [2.75, 3.05) is 6.54 Å². The van der Waals surface area contributed by atoms with Gasteiger partial charge in [-0.1, -0.05) is 13.3 Å². The fourth-order valence-corrected chi connectivity index (χ4v) is 1.98. The summed E-state index contributed by atoms with van der Waals surface area (Å²) in [6.45, 7) is 5.45. The molecule has 1 aliphatic heterocycles. The van der Waals surface area contributed by atoms with E-state index < -0.39 is 0 Å². The van der Waals surface area contributed by atoms with E-state index in [0.717, 1.165) is 13.0 Å². The molecule has 1 heterocycles. The van der Waals surface area contributed by atoms with E-state index in [-0.39, 0.29) is 6.04 Å². The first-order valence-electron chi connectivity index (χ1n) is 4.95. The average molecular weight is 166 g/mol. The van der Waals surface area contributed by atoms with E-state index >= 15 is 0 Å². The zero-order valence-electron chi connectivity index (χ0n) is 8.08. The minimum absolute atomic E-state index is 0.153. The van der Waals surface area contributed by atoms with Crippen LogP contribution in [-0.4, -0.2) is 23.5 Å². The third kappa shape index (κ3) is 1.98. The highest BCUT2D eigenvalue weighted by atomic mass is 15.2. The largest absolute Gasteiger partial charge is 0.285 e. The molecule has 1 saturated heterocycles. The Morgan fingerprint density at radius 1 is 1.58 bits per heavy atom. The normalized spacial score (nSPS) is 27.9. The summed E-state index contributed by atoms with van der Waals surface area (Å²) in [4.78, 5) is 2.35. The molecule has 0 bridgehead atoms. The molecule has 0 amide bonds. The molecule has 2 nitrogen and oxygen atoms in total. The third-order valence-electron chi connectivity index (χ3n) is 2.79. The van der Waals surface area contributed by atoms with Gasteiger partial charge in [-0.05, 0) is 32.7 Å². The van der Waals surface area contributed by atoms with Gasteiger partial charge in [-0.2, -0.15) is 5.26 Å². The second-order valence-corrected chi connectivity index (χ2v) is 3.64. The molecule has 0 aromatic rings. The van der Waals surface area contributed by atoms with E-state index in [1.807, 2.05) is 0 Å². The number of nitriles is 1. The van der Waals surface area contributed by atoms with Gasteiger partial charge < -0.3 is 0 Å². The molecule has 0 N–H and O–H groups in total. The van der Waals surface area contributed by atoms with Gasteiger partial charge in [0.1, 0.15) is 0 Å². The Morgan fingerprint density at radius 3 is 2.83 bits per heavy atom. The van der Waals surface area contributed by atoms with Gasteiger partial charge in [-0.3, -0.25) is 4.90 Å². The monoisotopic (exact) mass is 166 g/mol. The highest BCUT2D eigenvalue weighted by Gasteiger charge is 2.24. The summed E-state index contributed by atoms with van der Waals surface area (Å²) in [7, 11) is 0. The van der Waals surface area contributed by atoms with Crippen molar-refractivity contribution < 1.29 is 0 Å². The highest BCUT2D eigenvalue weighted by molar-refractivity contribution is 4.93. The second kappa shape index (κ2) is 4.47. The van der Waals surface area contributed by atoms with Crippen LogP contribution in [0.15, 0.2) is 0 Å². The first kappa shape index (κ1) is 9.54. The number of hydrogen-bond donors (Lipinski definition) is 0. The first-order valence-corrected chi connectivity index (χ1v) is 4.95. The summed E-state index contributed by atoms with van der Waals surface area (Å²) in [5.74, 6) is 0. The Balaban J connectivity index is 2.53. The summed E-state index contributed by atoms with van der Waals surface area (Å²) < 4.78 is 0. The van der Waals surface area contributed by atoms with Crippen molar-refractivity contribution >= 4 is 0 Å². The number of rotatable bonds is 2. The van der Waals surface area contributed by atoms with E-state index in [1.54, 1.807) is 0 Å². The quantitative estimate of drug-likeness (QED) is 0.628. The van der Waals surface area contributed by atoms with Gasteiger partial charge >= 0.3 is 0 Å².